The molecule has 1 heterocycles. The summed E-state index contributed by atoms with van der Waals surface area (Å²) in [5, 5.41) is 14.5. The van der Waals surface area contributed by atoms with Crippen molar-refractivity contribution in [2.45, 2.75) is 46.1 Å². The van der Waals surface area contributed by atoms with Gasteiger partial charge in [-0.05, 0) is 24.8 Å². The van der Waals surface area contributed by atoms with Gasteiger partial charge in [0.2, 0.25) is 0 Å². The predicted octanol–water partition coefficient (Wildman–Crippen LogP) is 2.45. The lowest BCUT2D eigenvalue weighted by molar-refractivity contribution is 0.104. The number of aromatic nitrogens is 2. The summed E-state index contributed by atoms with van der Waals surface area (Å²) >= 11 is 0. The summed E-state index contributed by atoms with van der Waals surface area (Å²) in [5.74, 6) is 0.301. The van der Waals surface area contributed by atoms with Crippen LogP contribution in [0.2, 0.25) is 0 Å². The zero-order valence-corrected chi connectivity index (χ0v) is 10.2. The van der Waals surface area contributed by atoms with Gasteiger partial charge in [-0.25, -0.2) is 0 Å². The fourth-order valence-electron chi connectivity index (χ4n) is 1.90. The number of aliphatic hydroxyl groups excluding tert-OH is 1. The Morgan fingerprint density at radius 3 is 2.60 bits per heavy atom. The second kappa shape index (κ2) is 5.31. The molecule has 0 aliphatic heterocycles. The highest BCUT2D eigenvalue weighted by Crippen LogP contribution is 2.25. The number of aliphatic hydroxyl groups is 1. The first-order valence-electron chi connectivity index (χ1n) is 5.81. The summed E-state index contributed by atoms with van der Waals surface area (Å²) in [6.07, 6.45) is 2.69. The van der Waals surface area contributed by atoms with E-state index < -0.39 is 0 Å². The lowest BCUT2D eigenvalue weighted by atomic mass is 9.97. The summed E-state index contributed by atoms with van der Waals surface area (Å²) in [7, 11) is 1.90. The number of hydrogen-bond donors (Lipinski definition) is 1. The molecule has 1 N–H and O–H groups in total. The van der Waals surface area contributed by atoms with Crippen molar-refractivity contribution >= 4 is 0 Å². The standard InChI is InChI=1S/C12H22N2O/c1-5-7-9(3)12(15)11-8-10(6-2)13-14(11)4/h8-9,12,15H,5-7H2,1-4H3. The Morgan fingerprint density at radius 2 is 2.13 bits per heavy atom. The highest BCUT2D eigenvalue weighted by atomic mass is 16.3. The molecule has 1 aromatic rings. The third-order valence-corrected chi connectivity index (χ3v) is 2.91. The normalized spacial score (nSPS) is 15.3. The second-order valence-electron chi connectivity index (χ2n) is 4.25. The Labute approximate surface area is 92.1 Å². The molecule has 0 aromatic carbocycles. The number of rotatable bonds is 5. The lowest BCUT2D eigenvalue weighted by Gasteiger charge is -2.18. The van der Waals surface area contributed by atoms with Gasteiger partial charge < -0.3 is 5.11 Å². The molecule has 0 fully saturated rings. The molecule has 0 aliphatic carbocycles. The van der Waals surface area contributed by atoms with Gasteiger partial charge in [0, 0.05) is 7.05 Å². The van der Waals surface area contributed by atoms with Crippen molar-refractivity contribution in [3.8, 4) is 0 Å². The van der Waals surface area contributed by atoms with Crippen molar-refractivity contribution in [3.63, 3.8) is 0 Å². The van der Waals surface area contributed by atoms with E-state index in [1.165, 1.54) is 0 Å². The molecule has 2 unspecified atom stereocenters. The summed E-state index contributed by atoms with van der Waals surface area (Å²) < 4.78 is 1.80. The molecule has 15 heavy (non-hydrogen) atoms. The molecule has 0 aliphatic rings. The summed E-state index contributed by atoms with van der Waals surface area (Å²) in [5.41, 5.74) is 1.99. The van der Waals surface area contributed by atoms with Crippen LogP contribution in [-0.4, -0.2) is 14.9 Å². The van der Waals surface area contributed by atoms with E-state index in [2.05, 4.69) is 25.9 Å². The van der Waals surface area contributed by atoms with Crippen molar-refractivity contribution in [2.24, 2.45) is 13.0 Å². The van der Waals surface area contributed by atoms with Crippen LogP contribution >= 0.6 is 0 Å². The Hall–Kier alpha value is -0.830. The molecule has 3 nitrogen and oxygen atoms in total. The minimum atomic E-state index is -0.386. The van der Waals surface area contributed by atoms with E-state index in [9.17, 15) is 5.11 Å². The summed E-state index contributed by atoms with van der Waals surface area (Å²) in [4.78, 5) is 0. The van der Waals surface area contributed by atoms with Gasteiger partial charge in [-0.2, -0.15) is 5.10 Å². The third kappa shape index (κ3) is 2.81. The Bertz CT molecular complexity index is 307. The topological polar surface area (TPSA) is 38.1 Å². The van der Waals surface area contributed by atoms with Crippen LogP contribution in [0.25, 0.3) is 0 Å². The number of nitrogens with zero attached hydrogens (tertiary/aromatic N) is 2. The van der Waals surface area contributed by atoms with Crippen LogP contribution < -0.4 is 0 Å². The molecule has 2 atom stereocenters. The van der Waals surface area contributed by atoms with Crippen LogP contribution in [0, 0.1) is 5.92 Å². The molecule has 0 amide bonds. The maximum absolute atomic E-state index is 10.1. The average molecular weight is 210 g/mol. The zero-order valence-electron chi connectivity index (χ0n) is 10.2. The first kappa shape index (κ1) is 12.2. The fraction of sp³-hybridized carbons (Fsp3) is 0.750. The van der Waals surface area contributed by atoms with Gasteiger partial charge in [-0.3, -0.25) is 4.68 Å². The van der Waals surface area contributed by atoms with Gasteiger partial charge in [0.1, 0.15) is 0 Å². The smallest absolute Gasteiger partial charge is 0.0982 e. The third-order valence-electron chi connectivity index (χ3n) is 2.91. The van der Waals surface area contributed by atoms with Crippen molar-refractivity contribution in [2.75, 3.05) is 0 Å². The van der Waals surface area contributed by atoms with E-state index in [-0.39, 0.29) is 6.10 Å². The van der Waals surface area contributed by atoms with E-state index in [0.717, 1.165) is 30.7 Å². The molecule has 3 heteroatoms. The quantitative estimate of drug-likeness (QED) is 0.810. The number of hydrogen-bond acceptors (Lipinski definition) is 2. The van der Waals surface area contributed by atoms with E-state index in [1.807, 2.05) is 13.1 Å². The van der Waals surface area contributed by atoms with Crippen molar-refractivity contribution in [1.82, 2.24) is 9.78 Å². The van der Waals surface area contributed by atoms with E-state index in [4.69, 9.17) is 0 Å². The first-order chi connectivity index (χ1) is 7.10. The predicted molar refractivity (Wildman–Crippen MR) is 61.6 cm³/mol. The van der Waals surface area contributed by atoms with Crippen molar-refractivity contribution in [3.05, 3.63) is 17.5 Å². The van der Waals surface area contributed by atoms with Gasteiger partial charge in [0.05, 0.1) is 17.5 Å². The lowest BCUT2D eigenvalue weighted by Crippen LogP contribution is -2.13. The van der Waals surface area contributed by atoms with Crippen LogP contribution in [0.4, 0.5) is 0 Å². The summed E-state index contributed by atoms with van der Waals surface area (Å²) in [6.45, 7) is 6.31. The van der Waals surface area contributed by atoms with Gasteiger partial charge in [-0.1, -0.05) is 27.2 Å². The highest BCUT2D eigenvalue weighted by molar-refractivity contribution is 5.13. The fourth-order valence-corrected chi connectivity index (χ4v) is 1.90. The molecular formula is C12H22N2O. The maximum Gasteiger partial charge on any atom is 0.0982 e. The monoisotopic (exact) mass is 210 g/mol. The van der Waals surface area contributed by atoms with Gasteiger partial charge in [0.25, 0.3) is 0 Å². The largest absolute Gasteiger partial charge is 0.387 e. The molecule has 0 spiro atoms. The van der Waals surface area contributed by atoms with Crippen LogP contribution in [0.5, 0.6) is 0 Å². The van der Waals surface area contributed by atoms with E-state index in [0.29, 0.717) is 5.92 Å². The molecule has 0 saturated carbocycles. The SMILES string of the molecule is CCCC(C)C(O)c1cc(CC)nn1C. The van der Waals surface area contributed by atoms with Crippen LogP contribution in [-0.2, 0) is 13.5 Å². The molecule has 1 aromatic heterocycles. The molecule has 0 bridgehead atoms. The van der Waals surface area contributed by atoms with Crippen molar-refractivity contribution < 1.29 is 5.11 Å². The Morgan fingerprint density at radius 1 is 1.47 bits per heavy atom. The zero-order chi connectivity index (χ0) is 11.4. The highest BCUT2D eigenvalue weighted by Gasteiger charge is 2.19. The minimum Gasteiger partial charge on any atom is -0.387 e. The Kier molecular flexibility index (Phi) is 4.33. The average Bonchev–Trinajstić information content (AvgIpc) is 2.59. The Balaban J connectivity index is 2.80. The minimum absolute atomic E-state index is 0.301. The van der Waals surface area contributed by atoms with Crippen LogP contribution in [0.1, 0.15) is 51.1 Å². The molecular weight excluding hydrogens is 188 g/mol. The molecule has 0 saturated heterocycles. The molecule has 86 valence electrons. The van der Waals surface area contributed by atoms with E-state index >= 15 is 0 Å². The number of aryl methyl sites for hydroxylation is 2. The summed E-state index contributed by atoms with van der Waals surface area (Å²) in [6, 6.07) is 2.01. The van der Waals surface area contributed by atoms with Gasteiger partial charge >= 0.3 is 0 Å². The first-order valence-corrected chi connectivity index (χ1v) is 5.81. The van der Waals surface area contributed by atoms with Crippen LogP contribution in [0.3, 0.4) is 0 Å². The molecule has 1 rings (SSSR count). The second-order valence-corrected chi connectivity index (χ2v) is 4.25. The van der Waals surface area contributed by atoms with Crippen LogP contribution in [0.15, 0.2) is 6.07 Å². The molecule has 0 radical (unpaired) electrons. The van der Waals surface area contributed by atoms with Gasteiger partial charge in [-0.15, -0.1) is 0 Å². The maximum atomic E-state index is 10.1. The van der Waals surface area contributed by atoms with E-state index in [1.54, 1.807) is 4.68 Å². The van der Waals surface area contributed by atoms with Gasteiger partial charge in [0.15, 0.2) is 0 Å². The van der Waals surface area contributed by atoms with Crippen molar-refractivity contribution in [1.29, 1.82) is 0 Å².